The average molecular weight is 272 g/mol. The van der Waals surface area contributed by atoms with Crippen LogP contribution in [0.3, 0.4) is 0 Å². The molecule has 2 rings (SSSR count). The van der Waals surface area contributed by atoms with Crippen molar-refractivity contribution in [2.24, 2.45) is 0 Å². The minimum Gasteiger partial charge on any atom is -0.370 e. The highest BCUT2D eigenvalue weighted by Gasteiger charge is 2.17. The van der Waals surface area contributed by atoms with E-state index in [-0.39, 0.29) is 6.10 Å². The highest BCUT2D eigenvalue weighted by atomic mass is 16.5. The molecule has 0 bridgehead atoms. The Hall–Kier alpha value is -1.08. The third-order valence-electron chi connectivity index (χ3n) is 4.03. The normalized spacial score (nSPS) is 22.1. The lowest BCUT2D eigenvalue weighted by molar-refractivity contribution is 0.000880. The lowest BCUT2D eigenvalue weighted by atomic mass is 10.0. The van der Waals surface area contributed by atoms with Gasteiger partial charge in [-0.05, 0) is 18.4 Å². The van der Waals surface area contributed by atoms with Crippen LogP contribution in [-0.2, 0) is 11.2 Å². The fraction of sp³-hybridized carbons (Fsp3) is 0.579. The second-order valence-electron chi connectivity index (χ2n) is 5.85. The summed E-state index contributed by atoms with van der Waals surface area (Å²) in [6, 6.07) is 10.7. The third kappa shape index (κ3) is 5.50. The maximum absolute atomic E-state index is 6.21. The second-order valence-corrected chi connectivity index (χ2v) is 5.85. The smallest absolute Gasteiger partial charge is 0.0800 e. The van der Waals surface area contributed by atoms with Crippen molar-refractivity contribution < 1.29 is 4.74 Å². The number of unbranched alkanes of at least 4 members (excludes halogenated alkanes) is 4. The summed E-state index contributed by atoms with van der Waals surface area (Å²) in [5.74, 6) is 0. The summed E-state index contributed by atoms with van der Waals surface area (Å²) < 4.78 is 6.21. The van der Waals surface area contributed by atoms with Gasteiger partial charge >= 0.3 is 0 Å². The van der Waals surface area contributed by atoms with Crippen LogP contribution in [0.5, 0.6) is 0 Å². The molecule has 1 aromatic carbocycles. The summed E-state index contributed by atoms with van der Waals surface area (Å²) in [7, 11) is 0. The Morgan fingerprint density at radius 1 is 1.05 bits per heavy atom. The van der Waals surface area contributed by atoms with Gasteiger partial charge in [-0.2, -0.15) is 0 Å². The zero-order chi connectivity index (χ0) is 14.0. The van der Waals surface area contributed by atoms with E-state index in [9.17, 15) is 0 Å². The molecule has 1 heteroatoms. The largest absolute Gasteiger partial charge is 0.370 e. The molecular weight excluding hydrogens is 244 g/mol. The Morgan fingerprint density at radius 3 is 2.65 bits per heavy atom. The lowest BCUT2D eigenvalue weighted by Crippen LogP contribution is -2.25. The molecule has 0 aliphatic carbocycles. The van der Waals surface area contributed by atoms with Crippen molar-refractivity contribution in [3.05, 3.63) is 48.0 Å². The third-order valence-corrected chi connectivity index (χ3v) is 4.03. The van der Waals surface area contributed by atoms with Crippen LogP contribution in [0.1, 0.15) is 57.4 Å². The monoisotopic (exact) mass is 272 g/mol. The molecule has 110 valence electrons. The van der Waals surface area contributed by atoms with Crippen LogP contribution in [0.2, 0.25) is 0 Å². The van der Waals surface area contributed by atoms with Crippen LogP contribution in [-0.4, -0.2) is 12.2 Å². The van der Waals surface area contributed by atoms with Gasteiger partial charge in [-0.3, -0.25) is 0 Å². The van der Waals surface area contributed by atoms with Crippen LogP contribution in [0.25, 0.3) is 0 Å². The van der Waals surface area contributed by atoms with Gasteiger partial charge in [0.1, 0.15) is 0 Å². The van der Waals surface area contributed by atoms with Gasteiger partial charge < -0.3 is 4.74 Å². The molecule has 1 aliphatic rings. The summed E-state index contributed by atoms with van der Waals surface area (Å²) in [5, 5.41) is 0. The lowest BCUT2D eigenvalue weighted by Gasteiger charge is -2.26. The molecule has 0 saturated heterocycles. The van der Waals surface area contributed by atoms with E-state index < -0.39 is 0 Å². The van der Waals surface area contributed by atoms with Gasteiger partial charge in [-0.1, -0.05) is 81.5 Å². The standard InChI is InChI=1S/C19H28O/c1-2-3-4-5-9-13-18-14-10-15-19(20-18)16-17-11-7-6-8-12-17/h6-8,10-12,15,18-19H,2-5,9,13-14,16H2,1H3/t18-,19-/m0/s1. The SMILES string of the molecule is CCCCCCC[C@H]1CC=C[C@@H](Cc2ccccc2)O1. The number of rotatable bonds is 8. The van der Waals surface area contributed by atoms with Gasteiger partial charge in [0.15, 0.2) is 0 Å². The zero-order valence-electron chi connectivity index (χ0n) is 12.8. The van der Waals surface area contributed by atoms with Crippen LogP contribution < -0.4 is 0 Å². The molecule has 0 saturated carbocycles. The predicted octanol–water partition coefficient (Wildman–Crippen LogP) is 5.30. The Morgan fingerprint density at radius 2 is 1.85 bits per heavy atom. The van der Waals surface area contributed by atoms with E-state index in [1.165, 1.54) is 44.1 Å². The first kappa shape index (κ1) is 15.3. The molecule has 20 heavy (non-hydrogen) atoms. The molecule has 0 amide bonds. The van der Waals surface area contributed by atoms with Crippen molar-refractivity contribution in [3.63, 3.8) is 0 Å². The van der Waals surface area contributed by atoms with Crippen LogP contribution >= 0.6 is 0 Å². The molecule has 1 nitrogen and oxygen atoms in total. The first-order valence-electron chi connectivity index (χ1n) is 8.24. The molecule has 0 fully saturated rings. The maximum Gasteiger partial charge on any atom is 0.0800 e. The van der Waals surface area contributed by atoms with Gasteiger partial charge in [-0.15, -0.1) is 0 Å². The fourth-order valence-electron chi connectivity index (χ4n) is 2.85. The number of hydrogen-bond donors (Lipinski definition) is 0. The number of hydrogen-bond acceptors (Lipinski definition) is 1. The van der Waals surface area contributed by atoms with E-state index >= 15 is 0 Å². The topological polar surface area (TPSA) is 9.23 Å². The first-order valence-corrected chi connectivity index (χ1v) is 8.24. The molecule has 0 spiro atoms. The molecule has 0 aromatic heterocycles. The Bertz CT molecular complexity index is 382. The van der Waals surface area contributed by atoms with E-state index in [0.717, 1.165) is 12.8 Å². The molecule has 2 atom stereocenters. The molecular formula is C19H28O. The van der Waals surface area contributed by atoms with Crippen molar-refractivity contribution in [2.75, 3.05) is 0 Å². The Balaban J connectivity index is 1.69. The van der Waals surface area contributed by atoms with Crippen LogP contribution in [0.15, 0.2) is 42.5 Å². The number of ether oxygens (including phenoxy) is 1. The second kappa shape index (κ2) is 8.97. The quantitative estimate of drug-likeness (QED) is 0.460. The van der Waals surface area contributed by atoms with E-state index in [1.807, 2.05) is 0 Å². The van der Waals surface area contributed by atoms with E-state index in [0.29, 0.717) is 6.10 Å². The first-order chi connectivity index (χ1) is 9.88. The van der Waals surface area contributed by atoms with Gasteiger partial charge in [0, 0.05) is 6.42 Å². The maximum atomic E-state index is 6.21. The van der Waals surface area contributed by atoms with Gasteiger partial charge in [0.05, 0.1) is 12.2 Å². The van der Waals surface area contributed by atoms with E-state index in [4.69, 9.17) is 4.74 Å². The zero-order valence-corrected chi connectivity index (χ0v) is 12.8. The fourth-order valence-corrected chi connectivity index (χ4v) is 2.85. The highest BCUT2D eigenvalue weighted by Crippen LogP contribution is 2.20. The minimum atomic E-state index is 0.270. The van der Waals surface area contributed by atoms with Crippen molar-refractivity contribution >= 4 is 0 Å². The van der Waals surface area contributed by atoms with Crippen LogP contribution in [0, 0.1) is 0 Å². The van der Waals surface area contributed by atoms with Gasteiger partial charge in [0.2, 0.25) is 0 Å². The highest BCUT2D eigenvalue weighted by molar-refractivity contribution is 5.17. The Labute approximate surface area is 124 Å². The molecule has 1 aromatic rings. The molecule has 0 radical (unpaired) electrons. The van der Waals surface area contributed by atoms with Crippen LogP contribution in [0.4, 0.5) is 0 Å². The summed E-state index contributed by atoms with van der Waals surface area (Å²) in [5.41, 5.74) is 1.37. The predicted molar refractivity (Wildman–Crippen MR) is 85.9 cm³/mol. The molecule has 1 aliphatic heterocycles. The molecule has 1 heterocycles. The van der Waals surface area contributed by atoms with Crippen molar-refractivity contribution in [1.29, 1.82) is 0 Å². The van der Waals surface area contributed by atoms with Gasteiger partial charge in [-0.25, -0.2) is 0 Å². The van der Waals surface area contributed by atoms with Crippen molar-refractivity contribution in [3.8, 4) is 0 Å². The van der Waals surface area contributed by atoms with Crippen molar-refractivity contribution in [2.45, 2.75) is 70.5 Å². The summed E-state index contributed by atoms with van der Waals surface area (Å²) >= 11 is 0. The van der Waals surface area contributed by atoms with Gasteiger partial charge in [0.25, 0.3) is 0 Å². The number of benzene rings is 1. The van der Waals surface area contributed by atoms with E-state index in [2.05, 4.69) is 49.4 Å². The Kier molecular flexibility index (Phi) is 6.86. The summed E-state index contributed by atoms with van der Waals surface area (Å²) in [4.78, 5) is 0. The van der Waals surface area contributed by atoms with Crippen molar-refractivity contribution in [1.82, 2.24) is 0 Å². The molecule has 0 unspecified atom stereocenters. The minimum absolute atomic E-state index is 0.270. The average Bonchev–Trinajstić information content (AvgIpc) is 2.48. The molecule has 0 N–H and O–H groups in total. The summed E-state index contributed by atoms with van der Waals surface area (Å²) in [6.07, 6.45) is 15.3. The summed E-state index contributed by atoms with van der Waals surface area (Å²) in [6.45, 7) is 2.27. The van der Waals surface area contributed by atoms with E-state index in [1.54, 1.807) is 0 Å².